The number of amides is 2. The fraction of sp³-hybridized carbons (Fsp3) is 0.714. The number of primary sulfonamides is 1. The lowest BCUT2D eigenvalue weighted by molar-refractivity contribution is -0.139. The van der Waals surface area contributed by atoms with Crippen LogP contribution >= 0.6 is 0 Å². The van der Waals surface area contributed by atoms with E-state index in [-0.39, 0.29) is 13.0 Å². The summed E-state index contributed by atoms with van der Waals surface area (Å²) in [6, 6.07) is -2.07. The third kappa shape index (κ3) is 8.42. The molecule has 6 N–H and O–H groups in total. The van der Waals surface area contributed by atoms with E-state index in [2.05, 4.69) is 10.6 Å². The van der Waals surface area contributed by atoms with Gasteiger partial charge in [-0.05, 0) is 0 Å². The average Bonchev–Trinajstić information content (AvgIpc) is 2.14. The number of carboxylic acids is 1. The summed E-state index contributed by atoms with van der Waals surface area (Å²) in [5.74, 6) is -1.74. The van der Waals surface area contributed by atoms with Gasteiger partial charge in [-0.15, -0.1) is 0 Å². The van der Waals surface area contributed by atoms with Crippen LogP contribution in [0.5, 0.6) is 0 Å². The van der Waals surface area contributed by atoms with E-state index in [9.17, 15) is 18.0 Å². The number of rotatable bonds is 7. The van der Waals surface area contributed by atoms with Crippen molar-refractivity contribution < 1.29 is 28.2 Å². The normalized spacial score (nSPS) is 12.8. The molecule has 0 saturated heterocycles. The monoisotopic (exact) mass is 269 g/mol. The lowest BCUT2D eigenvalue weighted by atomic mass is 10.2. The number of aliphatic hydroxyl groups excluding tert-OH is 1. The van der Waals surface area contributed by atoms with Gasteiger partial charge in [-0.1, -0.05) is 0 Å². The highest BCUT2D eigenvalue weighted by atomic mass is 32.2. The average molecular weight is 269 g/mol. The molecule has 0 aliphatic carbocycles. The maximum Gasteiger partial charge on any atom is 0.326 e. The van der Waals surface area contributed by atoms with Gasteiger partial charge in [0, 0.05) is 19.6 Å². The van der Waals surface area contributed by atoms with Crippen molar-refractivity contribution in [2.45, 2.75) is 12.5 Å². The summed E-state index contributed by atoms with van der Waals surface area (Å²) in [6.45, 7) is -0.620. The van der Waals surface area contributed by atoms with Crippen LogP contribution in [0.4, 0.5) is 4.79 Å². The van der Waals surface area contributed by atoms with E-state index in [4.69, 9.17) is 15.4 Å². The van der Waals surface area contributed by atoms with Gasteiger partial charge in [-0.3, -0.25) is 0 Å². The number of hydrogen-bond donors (Lipinski definition) is 5. The van der Waals surface area contributed by atoms with Gasteiger partial charge in [0.25, 0.3) is 0 Å². The van der Waals surface area contributed by atoms with Crippen LogP contribution < -0.4 is 15.8 Å². The molecular weight excluding hydrogens is 254 g/mol. The predicted octanol–water partition coefficient (Wildman–Crippen LogP) is -2.59. The quantitative estimate of drug-likeness (QED) is 0.341. The Kier molecular flexibility index (Phi) is 6.46. The van der Waals surface area contributed by atoms with Crippen molar-refractivity contribution in [1.29, 1.82) is 0 Å². The predicted molar refractivity (Wildman–Crippen MR) is 57.6 cm³/mol. The van der Waals surface area contributed by atoms with Crippen molar-refractivity contribution in [3.8, 4) is 0 Å². The Morgan fingerprint density at radius 1 is 1.35 bits per heavy atom. The van der Waals surface area contributed by atoms with Crippen molar-refractivity contribution in [3.05, 3.63) is 0 Å². The highest BCUT2D eigenvalue weighted by Crippen LogP contribution is 1.90. The SMILES string of the molecule is NS(=O)(=O)CCNC(=O)N[C@@H](CCO)C(=O)O. The largest absolute Gasteiger partial charge is 0.480 e. The van der Waals surface area contributed by atoms with E-state index >= 15 is 0 Å². The second-order valence-corrected chi connectivity index (χ2v) is 4.90. The van der Waals surface area contributed by atoms with E-state index in [1.807, 2.05) is 0 Å². The number of nitrogens with one attached hydrogen (secondary N) is 2. The minimum Gasteiger partial charge on any atom is -0.480 e. The van der Waals surface area contributed by atoms with Gasteiger partial charge in [0.05, 0.1) is 5.75 Å². The van der Waals surface area contributed by atoms with Crippen LogP contribution in [0.1, 0.15) is 6.42 Å². The van der Waals surface area contributed by atoms with Crippen molar-refractivity contribution in [3.63, 3.8) is 0 Å². The first-order chi connectivity index (χ1) is 7.76. The molecule has 0 aliphatic heterocycles. The molecule has 9 nitrogen and oxygen atoms in total. The number of aliphatic hydroxyl groups is 1. The van der Waals surface area contributed by atoms with Crippen LogP contribution in [0.25, 0.3) is 0 Å². The maximum atomic E-state index is 11.1. The second-order valence-electron chi connectivity index (χ2n) is 3.17. The number of sulfonamides is 1. The van der Waals surface area contributed by atoms with Crippen molar-refractivity contribution >= 4 is 22.0 Å². The molecule has 0 saturated carbocycles. The molecule has 0 aromatic carbocycles. The molecule has 0 aromatic heterocycles. The Morgan fingerprint density at radius 2 is 1.94 bits per heavy atom. The highest BCUT2D eigenvalue weighted by Gasteiger charge is 2.18. The summed E-state index contributed by atoms with van der Waals surface area (Å²) in [6.07, 6.45) is -0.141. The second kappa shape index (κ2) is 7.04. The number of carboxylic acid groups (broad SMARTS) is 1. The minimum absolute atomic E-state index is 0.141. The Balaban J connectivity index is 4.03. The van der Waals surface area contributed by atoms with Crippen LogP contribution in [0, 0.1) is 0 Å². The number of carbonyl (C=O) groups excluding carboxylic acids is 1. The Bertz CT molecular complexity index is 368. The zero-order chi connectivity index (χ0) is 13.5. The van der Waals surface area contributed by atoms with E-state index in [0.29, 0.717) is 0 Å². The summed E-state index contributed by atoms with van der Waals surface area (Å²) in [5.41, 5.74) is 0. The molecule has 0 unspecified atom stereocenters. The summed E-state index contributed by atoms with van der Waals surface area (Å²) in [5, 5.41) is 26.1. The van der Waals surface area contributed by atoms with Crippen LogP contribution in [0.3, 0.4) is 0 Å². The van der Waals surface area contributed by atoms with Gasteiger partial charge in [0.1, 0.15) is 6.04 Å². The van der Waals surface area contributed by atoms with Crippen LogP contribution in [-0.2, 0) is 14.8 Å². The van der Waals surface area contributed by atoms with Gasteiger partial charge in [0.2, 0.25) is 10.0 Å². The number of nitrogens with two attached hydrogens (primary N) is 1. The zero-order valence-electron chi connectivity index (χ0n) is 8.92. The molecule has 10 heteroatoms. The summed E-state index contributed by atoms with van der Waals surface area (Å²) < 4.78 is 21.0. The number of hydrogen-bond acceptors (Lipinski definition) is 5. The lowest BCUT2D eigenvalue weighted by Crippen LogP contribution is -2.47. The topological polar surface area (TPSA) is 159 Å². The molecule has 1 atom stereocenters. The molecule has 0 aliphatic rings. The highest BCUT2D eigenvalue weighted by molar-refractivity contribution is 7.89. The minimum atomic E-state index is -3.67. The van der Waals surface area contributed by atoms with Gasteiger partial charge >= 0.3 is 12.0 Å². The molecular formula is C7H15N3O6S. The van der Waals surface area contributed by atoms with E-state index in [1.54, 1.807) is 0 Å². The first-order valence-corrected chi connectivity index (χ1v) is 6.36. The molecule has 0 rings (SSSR count). The van der Waals surface area contributed by atoms with Crippen LogP contribution in [0.2, 0.25) is 0 Å². The fourth-order valence-electron chi connectivity index (χ4n) is 0.903. The first-order valence-electron chi connectivity index (χ1n) is 4.64. The van der Waals surface area contributed by atoms with Crippen molar-refractivity contribution in [2.75, 3.05) is 18.9 Å². The molecule has 2 amide bonds. The lowest BCUT2D eigenvalue weighted by Gasteiger charge is -2.13. The summed E-state index contributed by atoms with van der Waals surface area (Å²) in [4.78, 5) is 21.7. The first kappa shape index (κ1) is 15.6. The number of aliphatic carboxylic acids is 1. The van der Waals surface area contributed by atoms with Crippen molar-refractivity contribution in [2.24, 2.45) is 5.14 Å². The molecule has 0 heterocycles. The Hall–Kier alpha value is -1.39. The Labute approximate surface area is 98.0 Å². The van der Waals surface area contributed by atoms with E-state index < -0.39 is 40.4 Å². The van der Waals surface area contributed by atoms with Crippen LogP contribution in [0.15, 0.2) is 0 Å². The molecule has 0 spiro atoms. The molecule has 100 valence electrons. The molecule has 0 bridgehead atoms. The third-order valence-corrected chi connectivity index (χ3v) is 2.47. The maximum absolute atomic E-state index is 11.1. The molecule has 0 fully saturated rings. The number of carbonyl (C=O) groups is 2. The number of urea groups is 1. The summed E-state index contributed by atoms with van der Waals surface area (Å²) in [7, 11) is -3.67. The smallest absolute Gasteiger partial charge is 0.326 e. The zero-order valence-corrected chi connectivity index (χ0v) is 9.74. The van der Waals surface area contributed by atoms with Gasteiger partial charge in [0.15, 0.2) is 0 Å². The van der Waals surface area contributed by atoms with Gasteiger partial charge < -0.3 is 20.8 Å². The van der Waals surface area contributed by atoms with Crippen molar-refractivity contribution in [1.82, 2.24) is 10.6 Å². The third-order valence-electron chi connectivity index (χ3n) is 1.69. The van der Waals surface area contributed by atoms with Gasteiger partial charge in [-0.25, -0.2) is 23.1 Å². The fourth-order valence-corrected chi connectivity index (χ4v) is 1.29. The molecule has 0 radical (unpaired) electrons. The van der Waals surface area contributed by atoms with E-state index in [0.717, 1.165) is 0 Å². The van der Waals surface area contributed by atoms with Crippen LogP contribution in [-0.4, -0.2) is 55.6 Å². The molecule has 0 aromatic rings. The summed E-state index contributed by atoms with van der Waals surface area (Å²) >= 11 is 0. The standard InChI is InChI=1S/C7H15N3O6S/c8-17(15,16)4-2-9-7(14)10-5(1-3-11)6(12)13/h5,11H,1-4H2,(H,12,13)(H2,8,15,16)(H2,9,10,14)/t5-/m0/s1. The molecule has 17 heavy (non-hydrogen) atoms. The Morgan fingerprint density at radius 3 is 2.35 bits per heavy atom. The van der Waals surface area contributed by atoms with E-state index in [1.165, 1.54) is 0 Å². The van der Waals surface area contributed by atoms with Gasteiger partial charge in [-0.2, -0.15) is 0 Å².